The fraction of sp³-hybridized carbons (Fsp3) is 0.320. The van der Waals surface area contributed by atoms with E-state index in [-0.39, 0.29) is 27.2 Å². The Kier molecular flexibility index (Phi) is 8.13. The molecule has 11 heteroatoms. The maximum Gasteiger partial charge on any atom is 0.261 e. The normalized spacial score (nSPS) is 14.9. The van der Waals surface area contributed by atoms with Crippen LogP contribution in [0.3, 0.4) is 0 Å². The second kappa shape index (κ2) is 11.3. The Morgan fingerprint density at radius 3 is 2.53 bits per heavy atom. The van der Waals surface area contributed by atoms with Crippen LogP contribution >= 0.6 is 23.2 Å². The average molecular weight is 534 g/mol. The van der Waals surface area contributed by atoms with Crippen molar-refractivity contribution in [3.63, 3.8) is 0 Å². The second-order valence-corrected chi connectivity index (χ2v) is 9.18. The van der Waals surface area contributed by atoms with E-state index >= 15 is 0 Å². The van der Waals surface area contributed by atoms with E-state index in [0.717, 1.165) is 32.0 Å². The summed E-state index contributed by atoms with van der Waals surface area (Å²) in [5.74, 6) is 0.184. The molecule has 1 saturated heterocycles. The zero-order valence-corrected chi connectivity index (χ0v) is 21.6. The van der Waals surface area contributed by atoms with E-state index in [2.05, 4.69) is 32.1 Å². The molecule has 1 atom stereocenters. The van der Waals surface area contributed by atoms with Crippen LogP contribution in [0.4, 0.5) is 15.9 Å². The van der Waals surface area contributed by atoms with Gasteiger partial charge in [-0.1, -0.05) is 23.2 Å². The Hall–Kier alpha value is -3.14. The average Bonchev–Trinajstić information content (AvgIpc) is 2.87. The monoisotopic (exact) mass is 533 g/mol. The lowest BCUT2D eigenvalue weighted by Crippen LogP contribution is -2.44. The third-order valence-corrected chi connectivity index (χ3v) is 6.61. The van der Waals surface area contributed by atoms with Crippen LogP contribution in [0.5, 0.6) is 11.6 Å². The largest absolute Gasteiger partial charge is 0.484 e. The number of aromatic nitrogens is 2. The number of ether oxygens (including phenoxy) is 2. The number of hydrogen-bond donors (Lipinski definition) is 1. The highest BCUT2D eigenvalue weighted by molar-refractivity contribution is 6.36. The summed E-state index contributed by atoms with van der Waals surface area (Å²) < 4.78 is 25.1. The first-order chi connectivity index (χ1) is 17.3. The number of rotatable bonds is 7. The minimum absolute atomic E-state index is 0.122. The van der Waals surface area contributed by atoms with E-state index in [1.165, 1.54) is 31.5 Å². The zero-order valence-electron chi connectivity index (χ0n) is 20.1. The number of likely N-dealkylation sites (N-methyl/N-ethyl adjacent to an activating group) is 1. The molecule has 0 spiro atoms. The first-order valence-electron chi connectivity index (χ1n) is 11.3. The SMILES string of the molecule is COc1ncc(O[C@H](C)c2c(Cl)ccc(F)c2Cl)cc1C(=O)Nc1ccc(N2CCN(C)CC2)nc1. The lowest BCUT2D eigenvalue weighted by atomic mass is 10.1. The number of methoxy groups -OCH3 is 1. The van der Waals surface area contributed by atoms with Gasteiger partial charge in [-0.05, 0) is 44.3 Å². The minimum Gasteiger partial charge on any atom is -0.484 e. The van der Waals surface area contributed by atoms with Gasteiger partial charge in [0.15, 0.2) is 0 Å². The van der Waals surface area contributed by atoms with Crippen LogP contribution in [-0.4, -0.2) is 61.1 Å². The van der Waals surface area contributed by atoms with Gasteiger partial charge in [-0.25, -0.2) is 14.4 Å². The van der Waals surface area contributed by atoms with Crippen LogP contribution in [0.1, 0.15) is 28.9 Å². The van der Waals surface area contributed by atoms with Gasteiger partial charge in [0.2, 0.25) is 5.88 Å². The van der Waals surface area contributed by atoms with E-state index in [0.29, 0.717) is 11.3 Å². The molecule has 1 N–H and O–H groups in total. The summed E-state index contributed by atoms with van der Waals surface area (Å²) in [6.45, 7) is 5.41. The van der Waals surface area contributed by atoms with Gasteiger partial charge in [0.25, 0.3) is 5.91 Å². The predicted molar refractivity (Wildman–Crippen MR) is 138 cm³/mol. The van der Waals surface area contributed by atoms with Crippen molar-refractivity contribution < 1.29 is 18.7 Å². The molecular formula is C25H26Cl2FN5O3. The molecule has 0 bridgehead atoms. The van der Waals surface area contributed by atoms with Crippen LogP contribution in [0.15, 0.2) is 42.7 Å². The van der Waals surface area contributed by atoms with Gasteiger partial charge in [-0.2, -0.15) is 0 Å². The predicted octanol–water partition coefficient (Wildman–Crippen LogP) is 5.08. The summed E-state index contributed by atoms with van der Waals surface area (Å²) in [5, 5.41) is 2.95. The first-order valence-corrected chi connectivity index (χ1v) is 12.1. The number of nitrogens with one attached hydrogen (secondary N) is 1. The highest BCUT2D eigenvalue weighted by Crippen LogP contribution is 2.35. The Morgan fingerprint density at radius 2 is 1.86 bits per heavy atom. The number of carbonyl (C=O) groups excluding carboxylic acids is 1. The molecule has 190 valence electrons. The van der Waals surface area contributed by atoms with Gasteiger partial charge in [-0.15, -0.1) is 0 Å². The number of halogens is 3. The lowest BCUT2D eigenvalue weighted by molar-refractivity contribution is 0.102. The summed E-state index contributed by atoms with van der Waals surface area (Å²) in [6, 6.07) is 7.76. The van der Waals surface area contributed by atoms with Gasteiger partial charge >= 0.3 is 0 Å². The Bertz CT molecular complexity index is 1240. The number of nitrogens with zero attached hydrogens (tertiary/aromatic N) is 4. The quantitative estimate of drug-likeness (QED) is 0.424. The standard InChI is InChI=1S/C25H26Cl2FN5O3/c1-15(22-19(26)5-6-20(28)23(22)27)36-17-12-18(25(35-3)30-14-17)24(34)31-16-4-7-21(29-13-16)33-10-8-32(2)9-11-33/h4-7,12-15H,8-11H2,1-3H3,(H,31,34)/t15-/m1/s1. The van der Waals surface area contributed by atoms with E-state index in [9.17, 15) is 9.18 Å². The van der Waals surface area contributed by atoms with Crippen molar-refractivity contribution in [2.45, 2.75) is 13.0 Å². The van der Waals surface area contributed by atoms with E-state index in [1.54, 1.807) is 19.2 Å². The molecule has 0 radical (unpaired) electrons. The molecule has 1 aromatic carbocycles. The minimum atomic E-state index is -0.710. The smallest absolute Gasteiger partial charge is 0.261 e. The summed E-state index contributed by atoms with van der Waals surface area (Å²) in [7, 11) is 3.51. The Balaban J connectivity index is 1.49. The van der Waals surface area contributed by atoms with Crippen molar-refractivity contribution in [2.75, 3.05) is 50.6 Å². The highest BCUT2D eigenvalue weighted by atomic mass is 35.5. The number of hydrogen-bond acceptors (Lipinski definition) is 7. The molecule has 1 fully saturated rings. The van der Waals surface area contributed by atoms with Crippen LogP contribution in [-0.2, 0) is 0 Å². The van der Waals surface area contributed by atoms with E-state index in [1.807, 2.05) is 6.07 Å². The van der Waals surface area contributed by atoms with Crippen molar-refractivity contribution in [1.82, 2.24) is 14.9 Å². The summed E-state index contributed by atoms with van der Waals surface area (Å²) in [4.78, 5) is 26.2. The molecule has 3 heterocycles. The molecule has 8 nitrogen and oxygen atoms in total. The highest BCUT2D eigenvalue weighted by Gasteiger charge is 2.21. The van der Waals surface area contributed by atoms with Gasteiger partial charge in [0.05, 0.1) is 30.2 Å². The maximum atomic E-state index is 13.9. The molecule has 3 aromatic rings. The van der Waals surface area contributed by atoms with Crippen LogP contribution in [0, 0.1) is 5.82 Å². The van der Waals surface area contributed by atoms with Gasteiger partial charge in [-0.3, -0.25) is 4.79 Å². The zero-order chi connectivity index (χ0) is 25.8. The van der Waals surface area contributed by atoms with Crippen molar-refractivity contribution in [1.29, 1.82) is 0 Å². The Labute approximate surface area is 218 Å². The molecular weight excluding hydrogens is 508 g/mol. The Morgan fingerprint density at radius 1 is 1.11 bits per heavy atom. The third-order valence-electron chi connectivity index (χ3n) is 5.90. The topological polar surface area (TPSA) is 79.8 Å². The van der Waals surface area contributed by atoms with Crippen molar-refractivity contribution >= 4 is 40.6 Å². The lowest BCUT2D eigenvalue weighted by Gasteiger charge is -2.33. The number of amides is 1. The van der Waals surface area contributed by atoms with Gasteiger partial charge in [0.1, 0.15) is 29.1 Å². The van der Waals surface area contributed by atoms with Gasteiger partial charge < -0.3 is 24.6 Å². The van der Waals surface area contributed by atoms with E-state index in [4.69, 9.17) is 32.7 Å². The summed E-state index contributed by atoms with van der Waals surface area (Å²) in [5.41, 5.74) is 0.978. The van der Waals surface area contributed by atoms with E-state index < -0.39 is 17.8 Å². The second-order valence-electron chi connectivity index (χ2n) is 8.39. The molecule has 0 unspecified atom stereocenters. The van der Waals surface area contributed by atoms with Crippen molar-refractivity contribution in [3.05, 3.63) is 69.7 Å². The number of carbonyl (C=O) groups is 1. The number of anilines is 2. The number of pyridine rings is 2. The molecule has 1 amide bonds. The molecule has 1 aliphatic heterocycles. The summed E-state index contributed by atoms with van der Waals surface area (Å²) >= 11 is 12.3. The van der Waals surface area contributed by atoms with Crippen molar-refractivity contribution in [2.24, 2.45) is 0 Å². The third kappa shape index (κ3) is 5.80. The molecule has 2 aromatic heterocycles. The molecule has 0 saturated carbocycles. The maximum absolute atomic E-state index is 13.9. The fourth-order valence-electron chi connectivity index (χ4n) is 3.88. The number of piperazine rings is 1. The van der Waals surface area contributed by atoms with Gasteiger partial charge in [0, 0.05) is 36.8 Å². The van der Waals surface area contributed by atoms with Crippen molar-refractivity contribution in [3.8, 4) is 11.6 Å². The molecule has 0 aliphatic carbocycles. The van der Waals surface area contributed by atoms with Crippen LogP contribution in [0.2, 0.25) is 10.0 Å². The molecule has 1 aliphatic rings. The molecule has 4 rings (SSSR count). The van der Waals surface area contributed by atoms with Crippen LogP contribution < -0.4 is 19.7 Å². The van der Waals surface area contributed by atoms with Crippen LogP contribution in [0.25, 0.3) is 0 Å². The fourth-order valence-corrected chi connectivity index (χ4v) is 4.56. The molecule has 36 heavy (non-hydrogen) atoms. The number of benzene rings is 1. The summed E-state index contributed by atoms with van der Waals surface area (Å²) in [6.07, 6.45) is 2.31. The first kappa shape index (κ1) is 25.9.